The first-order valence-electron chi connectivity index (χ1n) is 1.92. The Kier molecular flexibility index (Phi) is 0.898. The van der Waals surface area contributed by atoms with Crippen molar-refractivity contribution in [2.45, 2.75) is 0 Å². The highest BCUT2D eigenvalue weighted by atomic mass is 15.4. The summed E-state index contributed by atoms with van der Waals surface area (Å²) < 4.78 is 0. The third-order valence-electron chi connectivity index (χ3n) is 0.600. The van der Waals surface area contributed by atoms with E-state index in [4.69, 9.17) is 0 Å². The second-order valence-corrected chi connectivity index (χ2v) is 1.03. The molecule has 1 heterocycles. The molecule has 0 N–H and O–H groups in total. The lowest BCUT2D eigenvalue weighted by molar-refractivity contribution is 0.798. The minimum Gasteiger partial charge on any atom is -0.160 e. The molecule has 1 aromatic heterocycles. The minimum atomic E-state index is 1.39. The maximum Gasteiger partial charge on any atom is 0.0697 e. The van der Waals surface area contributed by atoms with E-state index in [0.717, 1.165) is 0 Å². The molecular formula is C4H5N3. The summed E-state index contributed by atoms with van der Waals surface area (Å²) in [6.45, 7) is 3.44. The molecule has 7 heavy (non-hydrogen) atoms. The quantitative estimate of drug-likeness (QED) is 0.504. The first-order chi connectivity index (χ1) is 3.43. The Bertz CT molecular complexity index is 142. The highest BCUT2D eigenvalue weighted by molar-refractivity contribution is 5.07. The van der Waals surface area contributed by atoms with Crippen LogP contribution in [0.3, 0.4) is 0 Å². The fourth-order valence-corrected chi connectivity index (χ4v) is 0.320. The Hall–Kier alpha value is -1.12. The Morgan fingerprint density at radius 1 is 1.43 bits per heavy atom. The molecule has 0 spiro atoms. The molecule has 0 saturated heterocycles. The highest BCUT2D eigenvalue weighted by Gasteiger charge is 1.74. The van der Waals surface area contributed by atoms with Gasteiger partial charge >= 0.3 is 0 Å². The molecule has 0 atom stereocenters. The molecule has 0 saturated carbocycles. The van der Waals surface area contributed by atoms with Crippen molar-refractivity contribution in [1.29, 1.82) is 0 Å². The smallest absolute Gasteiger partial charge is 0.0697 e. The van der Waals surface area contributed by atoms with Crippen LogP contribution < -0.4 is 0 Å². The van der Waals surface area contributed by atoms with Crippen molar-refractivity contribution in [3.05, 3.63) is 19.0 Å². The molecule has 0 aliphatic carbocycles. The number of hydrogen-bond donors (Lipinski definition) is 0. The predicted octanol–water partition coefficient (Wildman–Crippen LogP) is 0.379. The van der Waals surface area contributed by atoms with Gasteiger partial charge in [-0.2, -0.15) is 15.0 Å². The largest absolute Gasteiger partial charge is 0.160 e. The third kappa shape index (κ3) is 0.652. The van der Waals surface area contributed by atoms with Crippen LogP contribution in [-0.2, 0) is 0 Å². The summed E-state index contributed by atoms with van der Waals surface area (Å²) in [7, 11) is 0. The first kappa shape index (κ1) is 4.05. The minimum absolute atomic E-state index is 1.39. The molecule has 3 heteroatoms. The van der Waals surface area contributed by atoms with E-state index in [0.29, 0.717) is 0 Å². The van der Waals surface area contributed by atoms with Gasteiger partial charge in [-0.25, -0.2) is 0 Å². The van der Waals surface area contributed by atoms with Crippen molar-refractivity contribution >= 4 is 6.20 Å². The van der Waals surface area contributed by atoms with Crippen molar-refractivity contribution in [3.63, 3.8) is 0 Å². The van der Waals surface area contributed by atoms with Crippen molar-refractivity contribution in [1.82, 2.24) is 15.0 Å². The molecule has 36 valence electrons. The van der Waals surface area contributed by atoms with Gasteiger partial charge in [0.15, 0.2) is 0 Å². The Morgan fingerprint density at radius 2 is 2.00 bits per heavy atom. The zero-order valence-corrected chi connectivity index (χ0v) is 3.78. The fourth-order valence-electron chi connectivity index (χ4n) is 0.320. The van der Waals surface area contributed by atoms with E-state index in [-0.39, 0.29) is 0 Å². The maximum atomic E-state index is 3.72. The predicted molar refractivity (Wildman–Crippen MR) is 26.4 cm³/mol. The van der Waals surface area contributed by atoms with Crippen molar-refractivity contribution < 1.29 is 0 Å². The van der Waals surface area contributed by atoms with Gasteiger partial charge in [0, 0.05) is 6.20 Å². The highest BCUT2D eigenvalue weighted by Crippen LogP contribution is 1.72. The molecule has 1 aromatic rings. The van der Waals surface area contributed by atoms with Crippen LogP contribution in [0.4, 0.5) is 0 Å². The lowest BCUT2D eigenvalue weighted by Crippen LogP contribution is -1.87. The van der Waals surface area contributed by atoms with E-state index in [9.17, 15) is 0 Å². The van der Waals surface area contributed by atoms with Crippen LogP contribution >= 0.6 is 0 Å². The maximum absolute atomic E-state index is 3.72. The van der Waals surface area contributed by atoms with Crippen LogP contribution in [0, 0.1) is 0 Å². The van der Waals surface area contributed by atoms with Crippen LogP contribution in [-0.4, -0.2) is 15.0 Å². The average Bonchev–Trinajstić information content (AvgIpc) is 2.14. The van der Waals surface area contributed by atoms with E-state index in [1.54, 1.807) is 12.4 Å². The molecule has 0 aromatic carbocycles. The topological polar surface area (TPSA) is 30.7 Å². The molecule has 0 radical (unpaired) electrons. The number of aromatic nitrogens is 3. The molecule has 1 rings (SSSR count). The molecule has 0 aliphatic rings. The fraction of sp³-hybridized carbons (Fsp3) is 0. The lowest BCUT2D eigenvalue weighted by atomic mass is 11.0. The molecular weight excluding hydrogens is 90.1 g/mol. The number of nitrogens with zero attached hydrogens (tertiary/aromatic N) is 3. The molecule has 0 bridgehead atoms. The Balaban J connectivity index is 2.96. The molecule has 0 unspecified atom stereocenters. The average molecular weight is 95.1 g/mol. The SMILES string of the molecule is C=Cn1nccn1. The van der Waals surface area contributed by atoms with Crippen LogP contribution in [0.25, 0.3) is 6.20 Å². The summed E-state index contributed by atoms with van der Waals surface area (Å²) in [4.78, 5) is 1.39. The molecule has 0 amide bonds. The van der Waals surface area contributed by atoms with Gasteiger partial charge in [-0.05, 0) is 0 Å². The summed E-state index contributed by atoms with van der Waals surface area (Å²) in [6.07, 6.45) is 4.73. The summed E-state index contributed by atoms with van der Waals surface area (Å²) in [5, 5.41) is 7.44. The number of rotatable bonds is 1. The van der Waals surface area contributed by atoms with Crippen LogP contribution in [0.5, 0.6) is 0 Å². The Morgan fingerprint density at radius 3 is 2.29 bits per heavy atom. The first-order valence-corrected chi connectivity index (χ1v) is 1.92. The van der Waals surface area contributed by atoms with E-state index in [1.165, 1.54) is 11.0 Å². The second-order valence-electron chi connectivity index (χ2n) is 1.03. The van der Waals surface area contributed by atoms with Crippen molar-refractivity contribution in [2.75, 3.05) is 0 Å². The van der Waals surface area contributed by atoms with Gasteiger partial charge in [0.05, 0.1) is 12.4 Å². The molecule has 3 nitrogen and oxygen atoms in total. The van der Waals surface area contributed by atoms with E-state index >= 15 is 0 Å². The third-order valence-corrected chi connectivity index (χ3v) is 0.600. The molecule has 0 aliphatic heterocycles. The van der Waals surface area contributed by atoms with Gasteiger partial charge in [-0.15, -0.1) is 0 Å². The van der Waals surface area contributed by atoms with E-state index < -0.39 is 0 Å². The normalized spacial score (nSPS) is 8.57. The van der Waals surface area contributed by atoms with Crippen LogP contribution in [0.1, 0.15) is 0 Å². The monoisotopic (exact) mass is 95.0 g/mol. The summed E-state index contributed by atoms with van der Waals surface area (Å²) in [6, 6.07) is 0. The van der Waals surface area contributed by atoms with E-state index in [1.807, 2.05) is 0 Å². The van der Waals surface area contributed by atoms with Gasteiger partial charge in [0.25, 0.3) is 0 Å². The van der Waals surface area contributed by atoms with Crippen molar-refractivity contribution in [2.24, 2.45) is 0 Å². The molecule has 0 fully saturated rings. The van der Waals surface area contributed by atoms with Gasteiger partial charge in [-0.3, -0.25) is 0 Å². The van der Waals surface area contributed by atoms with E-state index in [2.05, 4.69) is 16.8 Å². The zero-order chi connectivity index (χ0) is 5.11. The Labute approximate surface area is 41.3 Å². The van der Waals surface area contributed by atoms with Crippen LogP contribution in [0.2, 0.25) is 0 Å². The summed E-state index contributed by atoms with van der Waals surface area (Å²) in [5.74, 6) is 0. The lowest BCUT2D eigenvalue weighted by Gasteiger charge is -1.78. The summed E-state index contributed by atoms with van der Waals surface area (Å²) in [5.41, 5.74) is 0. The van der Waals surface area contributed by atoms with Gasteiger partial charge in [0.1, 0.15) is 0 Å². The van der Waals surface area contributed by atoms with Crippen molar-refractivity contribution in [3.8, 4) is 0 Å². The van der Waals surface area contributed by atoms with Gasteiger partial charge < -0.3 is 0 Å². The standard InChI is InChI=1S/C4H5N3/c1-2-7-5-3-4-6-7/h2-4H,1H2. The van der Waals surface area contributed by atoms with Crippen LogP contribution in [0.15, 0.2) is 19.0 Å². The van der Waals surface area contributed by atoms with Gasteiger partial charge in [0.2, 0.25) is 0 Å². The summed E-state index contributed by atoms with van der Waals surface area (Å²) >= 11 is 0. The van der Waals surface area contributed by atoms with Gasteiger partial charge in [-0.1, -0.05) is 6.58 Å². The zero-order valence-electron chi connectivity index (χ0n) is 3.78. The number of hydrogen-bond acceptors (Lipinski definition) is 2. The second kappa shape index (κ2) is 1.55.